The van der Waals surface area contributed by atoms with Gasteiger partial charge in [0.25, 0.3) is 0 Å². The Hall–Kier alpha value is -1.26. The van der Waals surface area contributed by atoms with Crippen molar-refractivity contribution in [1.82, 2.24) is 4.98 Å². The second-order valence-electron chi connectivity index (χ2n) is 13.1. The van der Waals surface area contributed by atoms with Crippen LogP contribution in [-0.4, -0.2) is 50.6 Å². The highest BCUT2D eigenvalue weighted by Gasteiger charge is 2.44. The molecule has 0 saturated heterocycles. The fourth-order valence-electron chi connectivity index (χ4n) is 4.08. The minimum Gasteiger partial charge on any atom is -0.543 e. The Balaban J connectivity index is 2.11. The predicted molar refractivity (Wildman–Crippen MR) is 146 cm³/mol. The molecule has 4 atom stereocenters. The van der Waals surface area contributed by atoms with Gasteiger partial charge in [-0.3, -0.25) is 4.98 Å². The van der Waals surface area contributed by atoms with Crippen LogP contribution in [0.2, 0.25) is 36.3 Å². The zero-order chi connectivity index (χ0) is 25.9. The predicted octanol–water partition coefficient (Wildman–Crippen LogP) is 6.56. The first-order valence-corrected chi connectivity index (χ1v) is 18.3. The average Bonchev–Trinajstić information content (AvgIpc) is 2.69. The standard InChI is InChI=1S/C27H45NO4Si2/c1-17-20-15-28-22-13-12-18(32-34(10,11)27(5,6)7)14-19(22)23(20)21(25(30)24(17)29)16-31-33(8,9)26(2,3)4/h12-15,17,21,24-25,29-30H,16H2,1-11H3. The number of nitrogens with zero attached hydrogens (tertiary/aromatic N) is 1. The molecule has 5 nitrogen and oxygen atoms in total. The topological polar surface area (TPSA) is 71.8 Å². The van der Waals surface area contributed by atoms with Crippen LogP contribution in [0.4, 0.5) is 0 Å². The van der Waals surface area contributed by atoms with Crippen LogP contribution in [0.25, 0.3) is 10.9 Å². The van der Waals surface area contributed by atoms with Crippen molar-refractivity contribution in [3.05, 3.63) is 35.5 Å². The third-order valence-corrected chi connectivity index (χ3v) is 17.5. The van der Waals surface area contributed by atoms with Crippen LogP contribution < -0.4 is 4.43 Å². The van der Waals surface area contributed by atoms with Gasteiger partial charge in [-0.15, -0.1) is 0 Å². The number of benzene rings is 1. The molecule has 1 aliphatic rings. The first kappa shape index (κ1) is 27.3. The quantitative estimate of drug-likeness (QED) is 0.452. The van der Waals surface area contributed by atoms with Crippen LogP contribution in [-0.2, 0) is 4.43 Å². The molecule has 1 heterocycles. The van der Waals surface area contributed by atoms with E-state index in [1.807, 2.05) is 25.3 Å². The SMILES string of the molecule is CC1c2cnc3ccc(O[Si](C)(C)C(C)(C)C)cc3c2C(CO[Si](C)(C)C(C)(C)C)C(O)C1O. The Labute approximate surface area is 208 Å². The number of hydrogen-bond donors (Lipinski definition) is 2. The van der Waals surface area contributed by atoms with E-state index in [0.717, 1.165) is 27.8 Å². The Kier molecular flexibility index (Phi) is 7.23. The van der Waals surface area contributed by atoms with Gasteiger partial charge in [0, 0.05) is 30.0 Å². The molecule has 3 rings (SSSR count). The van der Waals surface area contributed by atoms with E-state index in [0.29, 0.717) is 6.61 Å². The van der Waals surface area contributed by atoms with E-state index in [2.05, 4.69) is 73.8 Å². The van der Waals surface area contributed by atoms with Gasteiger partial charge >= 0.3 is 0 Å². The molecular formula is C27H45NO4Si2. The molecule has 1 aromatic heterocycles. The van der Waals surface area contributed by atoms with E-state index in [4.69, 9.17) is 13.8 Å². The maximum atomic E-state index is 11.2. The summed E-state index contributed by atoms with van der Waals surface area (Å²) in [7, 11) is -4.05. The maximum Gasteiger partial charge on any atom is 0.250 e. The van der Waals surface area contributed by atoms with Crippen LogP contribution in [0.3, 0.4) is 0 Å². The van der Waals surface area contributed by atoms with Crippen molar-refractivity contribution in [3.8, 4) is 5.75 Å². The molecular weight excluding hydrogens is 458 g/mol. The van der Waals surface area contributed by atoms with E-state index in [9.17, 15) is 10.2 Å². The number of pyridine rings is 1. The van der Waals surface area contributed by atoms with Crippen LogP contribution in [0.1, 0.15) is 71.4 Å². The Morgan fingerprint density at radius 2 is 1.50 bits per heavy atom. The summed E-state index contributed by atoms with van der Waals surface area (Å²) >= 11 is 0. The van der Waals surface area contributed by atoms with Crippen molar-refractivity contribution in [2.24, 2.45) is 0 Å². The number of aromatic nitrogens is 1. The normalized spacial score (nSPS) is 24.3. The van der Waals surface area contributed by atoms with Crippen LogP contribution in [0, 0.1) is 0 Å². The first-order chi connectivity index (χ1) is 15.4. The average molecular weight is 504 g/mol. The second kappa shape index (κ2) is 9.00. The maximum absolute atomic E-state index is 11.2. The molecule has 1 aromatic carbocycles. The number of rotatable bonds is 5. The molecule has 4 unspecified atom stereocenters. The van der Waals surface area contributed by atoms with Crippen LogP contribution in [0.15, 0.2) is 24.4 Å². The van der Waals surface area contributed by atoms with Gasteiger partial charge in [-0.25, -0.2) is 0 Å². The Bertz CT molecular complexity index is 1040. The van der Waals surface area contributed by atoms with Crippen molar-refractivity contribution in [1.29, 1.82) is 0 Å². The summed E-state index contributed by atoms with van der Waals surface area (Å²) < 4.78 is 13.2. The second-order valence-corrected chi connectivity index (χ2v) is 22.7. The van der Waals surface area contributed by atoms with Gasteiger partial charge in [-0.1, -0.05) is 48.5 Å². The number of fused-ring (bicyclic) bond motifs is 3. The smallest absolute Gasteiger partial charge is 0.250 e. The van der Waals surface area contributed by atoms with Crippen LogP contribution in [0.5, 0.6) is 5.75 Å². The van der Waals surface area contributed by atoms with Gasteiger partial charge in [0.2, 0.25) is 8.32 Å². The molecule has 0 fully saturated rings. The summed E-state index contributed by atoms with van der Waals surface area (Å²) in [6.07, 6.45) is 0.111. The minimum atomic E-state index is -2.04. The molecule has 0 aliphatic heterocycles. The van der Waals surface area contributed by atoms with Crippen molar-refractivity contribution >= 4 is 27.5 Å². The molecule has 0 amide bonds. The third kappa shape index (κ3) is 5.00. The third-order valence-electron chi connectivity index (χ3n) is 8.66. The number of hydrogen-bond acceptors (Lipinski definition) is 5. The van der Waals surface area contributed by atoms with Gasteiger partial charge < -0.3 is 19.1 Å². The lowest BCUT2D eigenvalue weighted by molar-refractivity contribution is -0.0275. The molecule has 0 spiro atoms. The van der Waals surface area contributed by atoms with Crippen molar-refractivity contribution in [2.45, 2.75) is 109 Å². The van der Waals surface area contributed by atoms with E-state index in [1.54, 1.807) is 0 Å². The summed E-state index contributed by atoms with van der Waals surface area (Å²) in [5.74, 6) is 0.298. The van der Waals surface area contributed by atoms with Crippen molar-refractivity contribution in [2.75, 3.05) is 6.61 Å². The summed E-state index contributed by atoms with van der Waals surface area (Å²) in [5.41, 5.74) is 2.89. The fraction of sp³-hybridized carbons (Fsp3) is 0.667. The lowest BCUT2D eigenvalue weighted by Gasteiger charge is -2.42. The fourth-order valence-corrected chi connectivity index (χ4v) is 6.13. The first-order valence-electron chi connectivity index (χ1n) is 12.5. The summed E-state index contributed by atoms with van der Waals surface area (Å²) in [6.45, 7) is 24.6. The lowest BCUT2D eigenvalue weighted by Crippen LogP contribution is -2.46. The van der Waals surface area contributed by atoms with Gasteiger partial charge in [0.05, 0.1) is 17.7 Å². The molecule has 2 N–H and O–H groups in total. The summed E-state index contributed by atoms with van der Waals surface area (Å²) in [5, 5.41) is 23.2. The van der Waals surface area contributed by atoms with Gasteiger partial charge in [-0.05, 0) is 65.6 Å². The monoisotopic (exact) mass is 503 g/mol. The zero-order valence-electron chi connectivity index (χ0n) is 23.0. The van der Waals surface area contributed by atoms with E-state index < -0.39 is 28.8 Å². The van der Waals surface area contributed by atoms with Crippen molar-refractivity contribution in [3.63, 3.8) is 0 Å². The van der Waals surface area contributed by atoms with Gasteiger partial charge in [-0.2, -0.15) is 0 Å². The highest BCUT2D eigenvalue weighted by Crippen LogP contribution is 2.45. The highest BCUT2D eigenvalue weighted by atomic mass is 28.4. The summed E-state index contributed by atoms with van der Waals surface area (Å²) in [4.78, 5) is 4.70. The van der Waals surface area contributed by atoms with Gasteiger partial charge in [0.15, 0.2) is 8.32 Å². The van der Waals surface area contributed by atoms with E-state index in [1.165, 1.54) is 0 Å². The Morgan fingerprint density at radius 1 is 0.912 bits per heavy atom. The zero-order valence-corrected chi connectivity index (χ0v) is 25.0. The molecule has 1 aliphatic carbocycles. The lowest BCUT2D eigenvalue weighted by atomic mass is 9.73. The number of aliphatic hydroxyl groups is 2. The van der Waals surface area contributed by atoms with E-state index >= 15 is 0 Å². The largest absolute Gasteiger partial charge is 0.543 e. The van der Waals surface area contributed by atoms with Crippen LogP contribution >= 0.6 is 0 Å². The molecule has 7 heteroatoms. The Morgan fingerprint density at radius 3 is 2.06 bits per heavy atom. The molecule has 0 radical (unpaired) electrons. The molecule has 190 valence electrons. The van der Waals surface area contributed by atoms with Crippen molar-refractivity contribution < 1.29 is 19.1 Å². The molecule has 0 saturated carbocycles. The molecule has 34 heavy (non-hydrogen) atoms. The minimum absolute atomic E-state index is 0.0614. The number of aliphatic hydroxyl groups excluding tert-OH is 2. The molecule has 0 bridgehead atoms. The molecule has 2 aromatic rings. The van der Waals surface area contributed by atoms with Gasteiger partial charge in [0.1, 0.15) is 5.75 Å². The highest BCUT2D eigenvalue weighted by molar-refractivity contribution is 6.75. The van der Waals surface area contributed by atoms with E-state index in [-0.39, 0.29) is 21.9 Å². The summed E-state index contributed by atoms with van der Waals surface area (Å²) in [6, 6.07) is 6.09.